The van der Waals surface area contributed by atoms with Gasteiger partial charge in [-0.1, -0.05) is 25.0 Å². The predicted molar refractivity (Wildman–Crippen MR) is 81.8 cm³/mol. The van der Waals surface area contributed by atoms with Crippen molar-refractivity contribution in [2.75, 3.05) is 7.11 Å². The van der Waals surface area contributed by atoms with Crippen molar-refractivity contribution in [3.8, 4) is 0 Å². The molecule has 0 unspecified atom stereocenters. The number of hydrogen-bond acceptors (Lipinski definition) is 4. The molecule has 1 aromatic carbocycles. The minimum atomic E-state index is -0.968. The second-order valence-electron chi connectivity index (χ2n) is 5.21. The first kappa shape index (κ1) is 17.9. The number of carbonyl (C=O) groups excluding carboxylic acids is 2. The van der Waals surface area contributed by atoms with E-state index < -0.39 is 5.97 Å². The van der Waals surface area contributed by atoms with Gasteiger partial charge in [0, 0.05) is 19.3 Å². The number of ketones is 1. The highest BCUT2D eigenvalue weighted by Gasteiger charge is 2.06. The summed E-state index contributed by atoms with van der Waals surface area (Å²) < 4.78 is 4.55. The van der Waals surface area contributed by atoms with Crippen molar-refractivity contribution >= 4 is 17.7 Å². The van der Waals surface area contributed by atoms with Gasteiger partial charge in [0.15, 0.2) is 0 Å². The van der Waals surface area contributed by atoms with E-state index in [9.17, 15) is 14.4 Å². The summed E-state index contributed by atoms with van der Waals surface area (Å²) in [5, 5.41) is 8.80. The van der Waals surface area contributed by atoms with E-state index in [0.717, 1.165) is 31.2 Å². The van der Waals surface area contributed by atoms with E-state index in [-0.39, 0.29) is 17.3 Å². The lowest BCUT2D eigenvalue weighted by Crippen LogP contribution is -2.03. The molecule has 0 heterocycles. The number of Topliss-reactive ketones (excluding diaryl/α,β-unsaturated/α-hetero) is 1. The second kappa shape index (κ2) is 9.71. The molecule has 1 rings (SSSR count). The molecule has 1 N–H and O–H groups in total. The van der Waals surface area contributed by atoms with Crippen molar-refractivity contribution in [1.82, 2.24) is 0 Å². The molecule has 0 atom stereocenters. The monoisotopic (exact) mass is 306 g/mol. The van der Waals surface area contributed by atoms with E-state index >= 15 is 0 Å². The zero-order valence-corrected chi connectivity index (χ0v) is 12.8. The number of aromatic carboxylic acids is 1. The van der Waals surface area contributed by atoms with Gasteiger partial charge in [-0.15, -0.1) is 0 Å². The van der Waals surface area contributed by atoms with Crippen molar-refractivity contribution in [3.05, 3.63) is 35.4 Å². The normalized spacial score (nSPS) is 10.2. The zero-order valence-electron chi connectivity index (χ0n) is 12.8. The average Bonchev–Trinajstić information content (AvgIpc) is 2.50. The Kier molecular flexibility index (Phi) is 7.89. The van der Waals surface area contributed by atoms with Crippen LogP contribution >= 0.6 is 0 Å². The summed E-state index contributed by atoms with van der Waals surface area (Å²) in [5.74, 6) is -1.01. The first-order valence-corrected chi connectivity index (χ1v) is 7.43. The largest absolute Gasteiger partial charge is 0.478 e. The molecule has 5 nitrogen and oxygen atoms in total. The standard InChI is InChI=1S/C17H22O5/c1-22-16(19)7-5-3-2-4-6-15(18)12-13-8-10-14(11-9-13)17(20)21/h8-11H,2-7,12H2,1H3,(H,20,21). The van der Waals surface area contributed by atoms with Gasteiger partial charge >= 0.3 is 11.9 Å². The number of carboxylic acids is 1. The summed E-state index contributed by atoms with van der Waals surface area (Å²) in [6.45, 7) is 0. The van der Waals surface area contributed by atoms with Gasteiger partial charge < -0.3 is 9.84 Å². The van der Waals surface area contributed by atoms with Gasteiger partial charge in [0.1, 0.15) is 5.78 Å². The van der Waals surface area contributed by atoms with Crippen LogP contribution in [-0.2, 0) is 20.7 Å². The molecule has 0 saturated carbocycles. The molecule has 0 spiro atoms. The fourth-order valence-electron chi connectivity index (χ4n) is 2.13. The Morgan fingerprint density at radius 1 is 0.955 bits per heavy atom. The third kappa shape index (κ3) is 7.02. The number of hydrogen-bond donors (Lipinski definition) is 1. The molecule has 0 fully saturated rings. The lowest BCUT2D eigenvalue weighted by atomic mass is 10.0. The van der Waals surface area contributed by atoms with Gasteiger partial charge in [-0.2, -0.15) is 0 Å². The number of methoxy groups -OCH3 is 1. The Morgan fingerprint density at radius 3 is 2.09 bits per heavy atom. The lowest BCUT2D eigenvalue weighted by molar-refractivity contribution is -0.140. The van der Waals surface area contributed by atoms with Crippen LogP contribution in [0.1, 0.15) is 54.4 Å². The molecule has 22 heavy (non-hydrogen) atoms. The van der Waals surface area contributed by atoms with Crippen LogP contribution in [0.25, 0.3) is 0 Å². The van der Waals surface area contributed by atoms with E-state index in [1.54, 1.807) is 12.1 Å². The summed E-state index contributed by atoms with van der Waals surface area (Å²) in [5.41, 5.74) is 1.06. The average molecular weight is 306 g/mol. The highest BCUT2D eigenvalue weighted by molar-refractivity contribution is 5.88. The SMILES string of the molecule is COC(=O)CCCCCCC(=O)Cc1ccc(C(=O)O)cc1. The number of esters is 1. The molecule has 0 saturated heterocycles. The molecule has 0 aliphatic carbocycles. The number of carbonyl (C=O) groups is 3. The Labute approximate surface area is 130 Å². The minimum Gasteiger partial charge on any atom is -0.478 e. The molecule has 5 heteroatoms. The van der Waals surface area contributed by atoms with Crippen LogP contribution in [0.3, 0.4) is 0 Å². The number of benzene rings is 1. The first-order chi connectivity index (χ1) is 10.5. The fraction of sp³-hybridized carbons (Fsp3) is 0.471. The summed E-state index contributed by atoms with van der Waals surface area (Å²) in [6.07, 6.45) is 4.71. The molecular weight excluding hydrogens is 284 g/mol. The maximum absolute atomic E-state index is 11.8. The van der Waals surface area contributed by atoms with Crippen molar-refractivity contribution in [2.45, 2.75) is 44.9 Å². The molecule has 0 bridgehead atoms. The highest BCUT2D eigenvalue weighted by Crippen LogP contribution is 2.10. The summed E-state index contributed by atoms with van der Waals surface area (Å²) >= 11 is 0. The van der Waals surface area contributed by atoms with Gasteiger partial charge in [-0.3, -0.25) is 9.59 Å². The van der Waals surface area contributed by atoms with Crippen LogP contribution in [-0.4, -0.2) is 29.9 Å². The van der Waals surface area contributed by atoms with Crippen LogP contribution in [0.2, 0.25) is 0 Å². The number of ether oxygens (including phenoxy) is 1. The Morgan fingerprint density at radius 2 is 1.55 bits per heavy atom. The molecule has 0 radical (unpaired) electrons. The summed E-state index contributed by atoms with van der Waals surface area (Å²) in [6, 6.07) is 6.38. The zero-order chi connectivity index (χ0) is 16.4. The minimum absolute atomic E-state index is 0.149. The molecule has 0 amide bonds. The van der Waals surface area contributed by atoms with Crippen LogP contribution in [0, 0.1) is 0 Å². The van der Waals surface area contributed by atoms with Crippen LogP contribution < -0.4 is 0 Å². The van der Waals surface area contributed by atoms with E-state index in [1.165, 1.54) is 19.2 Å². The summed E-state index contributed by atoms with van der Waals surface area (Å²) in [4.78, 5) is 33.5. The van der Waals surface area contributed by atoms with E-state index in [0.29, 0.717) is 19.3 Å². The predicted octanol–water partition coefficient (Wildman–Crippen LogP) is 3.01. The van der Waals surface area contributed by atoms with Crippen LogP contribution in [0.4, 0.5) is 0 Å². The van der Waals surface area contributed by atoms with Gasteiger partial charge in [-0.25, -0.2) is 4.79 Å². The Bertz CT molecular complexity index is 504. The fourth-order valence-corrected chi connectivity index (χ4v) is 2.13. The molecule has 0 aromatic heterocycles. The number of rotatable bonds is 10. The van der Waals surface area contributed by atoms with E-state index in [2.05, 4.69) is 4.74 Å². The molecule has 0 aliphatic rings. The molecular formula is C17H22O5. The number of carboxylic acid groups (broad SMARTS) is 1. The first-order valence-electron chi connectivity index (χ1n) is 7.43. The Balaban J connectivity index is 2.18. The molecule has 1 aromatic rings. The highest BCUT2D eigenvalue weighted by atomic mass is 16.5. The smallest absolute Gasteiger partial charge is 0.335 e. The summed E-state index contributed by atoms with van der Waals surface area (Å²) in [7, 11) is 1.38. The second-order valence-corrected chi connectivity index (χ2v) is 5.21. The van der Waals surface area contributed by atoms with Gasteiger partial charge in [-0.05, 0) is 30.5 Å². The van der Waals surface area contributed by atoms with Gasteiger partial charge in [0.25, 0.3) is 0 Å². The quantitative estimate of drug-likeness (QED) is 0.531. The van der Waals surface area contributed by atoms with Crippen molar-refractivity contribution in [1.29, 1.82) is 0 Å². The molecule has 120 valence electrons. The third-order valence-electron chi connectivity index (χ3n) is 3.42. The number of unbranched alkanes of at least 4 members (excludes halogenated alkanes) is 3. The van der Waals surface area contributed by atoms with Crippen molar-refractivity contribution < 1.29 is 24.2 Å². The maximum Gasteiger partial charge on any atom is 0.335 e. The van der Waals surface area contributed by atoms with Gasteiger partial charge in [0.2, 0.25) is 0 Å². The van der Waals surface area contributed by atoms with Crippen molar-refractivity contribution in [3.63, 3.8) is 0 Å². The topological polar surface area (TPSA) is 80.7 Å². The van der Waals surface area contributed by atoms with E-state index in [1.807, 2.05) is 0 Å². The lowest BCUT2D eigenvalue weighted by Gasteiger charge is -2.03. The van der Waals surface area contributed by atoms with Crippen molar-refractivity contribution in [2.24, 2.45) is 0 Å². The van der Waals surface area contributed by atoms with E-state index in [4.69, 9.17) is 5.11 Å². The molecule has 0 aliphatic heterocycles. The van der Waals surface area contributed by atoms with Crippen LogP contribution in [0.5, 0.6) is 0 Å². The Hall–Kier alpha value is -2.17. The van der Waals surface area contributed by atoms with Crippen LogP contribution in [0.15, 0.2) is 24.3 Å². The maximum atomic E-state index is 11.8. The third-order valence-corrected chi connectivity index (χ3v) is 3.42. The van der Waals surface area contributed by atoms with Gasteiger partial charge in [0.05, 0.1) is 12.7 Å².